The third kappa shape index (κ3) is 3.52. The Balaban J connectivity index is 1.93. The molecular weight excluding hydrogens is 321 g/mol. The number of aryl methyl sites for hydroxylation is 1. The van der Waals surface area contributed by atoms with E-state index in [0.717, 1.165) is 0 Å². The van der Waals surface area contributed by atoms with E-state index in [4.69, 9.17) is 4.74 Å². The molecule has 25 heavy (non-hydrogen) atoms. The topological polar surface area (TPSA) is 56.2 Å². The molecule has 1 amide bonds. The number of hydrogen-bond acceptors (Lipinski definition) is 3. The Bertz CT molecular complexity index is 891. The number of amides is 1. The van der Waals surface area contributed by atoms with Crippen molar-refractivity contribution in [1.29, 1.82) is 0 Å². The maximum Gasteiger partial charge on any atom is 0.273 e. The summed E-state index contributed by atoms with van der Waals surface area (Å²) in [7, 11) is 1.48. The molecule has 0 aliphatic rings. The molecule has 0 saturated heterocycles. The molecule has 0 saturated carbocycles. The van der Waals surface area contributed by atoms with Gasteiger partial charge in [0.25, 0.3) is 5.91 Å². The molecule has 5 nitrogen and oxygen atoms in total. The van der Waals surface area contributed by atoms with Gasteiger partial charge in [-0.25, -0.2) is 4.39 Å². The summed E-state index contributed by atoms with van der Waals surface area (Å²) < 4.78 is 20.8. The molecule has 0 fully saturated rings. The number of nitrogens with zero attached hydrogens (tertiary/aromatic N) is 2. The monoisotopic (exact) mass is 339 g/mol. The summed E-state index contributed by atoms with van der Waals surface area (Å²) in [6.07, 6.45) is 0. The minimum atomic E-state index is -0.449. The van der Waals surface area contributed by atoms with Crippen molar-refractivity contribution in [3.63, 3.8) is 0 Å². The highest BCUT2D eigenvalue weighted by Gasteiger charge is 2.18. The largest absolute Gasteiger partial charge is 0.497 e. The number of ether oxygens (including phenoxy) is 1. The van der Waals surface area contributed by atoms with Gasteiger partial charge in [0.05, 0.1) is 12.8 Å². The van der Waals surface area contributed by atoms with Gasteiger partial charge in [-0.15, -0.1) is 0 Å². The lowest BCUT2D eigenvalue weighted by atomic mass is 10.1. The van der Waals surface area contributed by atoms with E-state index in [1.54, 1.807) is 35.0 Å². The molecule has 128 valence electrons. The predicted octanol–water partition coefficient (Wildman–Crippen LogP) is 3.97. The van der Waals surface area contributed by atoms with Gasteiger partial charge in [-0.1, -0.05) is 18.2 Å². The van der Waals surface area contributed by atoms with E-state index in [2.05, 4.69) is 10.4 Å². The summed E-state index contributed by atoms with van der Waals surface area (Å²) in [4.78, 5) is 12.5. The highest BCUT2D eigenvalue weighted by molar-refractivity contribution is 6.03. The quantitative estimate of drug-likeness (QED) is 0.765. The zero-order valence-electron chi connectivity index (χ0n) is 14.0. The van der Waals surface area contributed by atoms with Crippen LogP contribution in [0.4, 0.5) is 10.1 Å². The van der Waals surface area contributed by atoms with Gasteiger partial charge in [0.15, 0.2) is 0 Å². The summed E-state index contributed by atoms with van der Waals surface area (Å²) in [6.45, 7) is 2.37. The van der Waals surface area contributed by atoms with Gasteiger partial charge in [-0.05, 0) is 37.3 Å². The number of hydrogen-bond donors (Lipinski definition) is 1. The highest BCUT2D eigenvalue weighted by Crippen LogP contribution is 2.26. The molecule has 0 aliphatic heterocycles. The van der Waals surface area contributed by atoms with Crippen molar-refractivity contribution < 1.29 is 13.9 Å². The molecule has 0 atom stereocenters. The Morgan fingerprint density at radius 1 is 1.20 bits per heavy atom. The Morgan fingerprint density at radius 3 is 2.60 bits per heavy atom. The van der Waals surface area contributed by atoms with Gasteiger partial charge < -0.3 is 10.1 Å². The van der Waals surface area contributed by atoms with Crippen molar-refractivity contribution in [1.82, 2.24) is 9.78 Å². The second-order valence-electron chi connectivity index (χ2n) is 5.40. The Labute approximate surface area is 145 Å². The van der Waals surface area contributed by atoms with Crippen LogP contribution in [0.5, 0.6) is 5.75 Å². The third-order valence-corrected chi connectivity index (χ3v) is 3.80. The van der Waals surface area contributed by atoms with Crippen molar-refractivity contribution in [2.24, 2.45) is 0 Å². The molecule has 0 spiro atoms. The number of nitrogens with one attached hydrogen (secondary N) is 1. The summed E-state index contributed by atoms with van der Waals surface area (Å²) in [5, 5.41) is 7.17. The van der Waals surface area contributed by atoms with E-state index in [0.29, 0.717) is 34.9 Å². The van der Waals surface area contributed by atoms with Crippen LogP contribution in [0, 0.1) is 5.82 Å². The van der Waals surface area contributed by atoms with E-state index < -0.39 is 5.82 Å². The van der Waals surface area contributed by atoms with Crippen LogP contribution < -0.4 is 10.1 Å². The van der Waals surface area contributed by atoms with Crippen LogP contribution in [0.15, 0.2) is 54.6 Å². The Hall–Kier alpha value is -3.15. The molecule has 0 aliphatic carbocycles. The molecule has 6 heteroatoms. The molecule has 3 rings (SSSR count). The lowest BCUT2D eigenvalue weighted by molar-refractivity contribution is 0.101. The number of para-hydroxylation sites is 1. The average molecular weight is 339 g/mol. The fourth-order valence-corrected chi connectivity index (χ4v) is 2.52. The number of methoxy groups -OCH3 is 1. The highest BCUT2D eigenvalue weighted by atomic mass is 19.1. The fourth-order valence-electron chi connectivity index (χ4n) is 2.52. The minimum Gasteiger partial charge on any atom is -0.497 e. The third-order valence-electron chi connectivity index (χ3n) is 3.80. The summed E-state index contributed by atoms with van der Waals surface area (Å²) in [5.41, 5.74) is 1.78. The zero-order chi connectivity index (χ0) is 17.8. The zero-order valence-corrected chi connectivity index (χ0v) is 14.0. The first-order valence-corrected chi connectivity index (χ1v) is 7.90. The van der Waals surface area contributed by atoms with Crippen LogP contribution in [0.25, 0.3) is 11.3 Å². The molecule has 1 aromatic heterocycles. The van der Waals surface area contributed by atoms with Crippen LogP contribution in [0.2, 0.25) is 0 Å². The van der Waals surface area contributed by atoms with Gasteiger partial charge in [0.2, 0.25) is 0 Å². The van der Waals surface area contributed by atoms with E-state index >= 15 is 0 Å². The van der Waals surface area contributed by atoms with Crippen molar-refractivity contribution in [3.8, 4) is 17.0 Å². The van der Waals surface area contributed by atoms with Crippen LogP contribution in [0.3, 0.4) is 0 Å². The number of aromatic nitrogens is 2. The van der Waals surface area contributed by atoms with Crippen molar-refractivity contribution in [2.75, 3.05) is 12.4 Å². The number of carbonyl (C=O) groups is 1. The van der Waals surface area contributed by atoms with Crippen LogP contribution in [0.1, 0.15) is 17.4 Å². The number of benzene rings is 2. The van der Waals surface area contributed by atoms with Crippen LogP contribution >= 0.6 is 0 Å². The van der Waals surface area contributed by atoms with Crippen molar-refractivity contribution in [2.45, 2.75) is 13.5 Å². The Kier molecular flexibility index (Phi) is 4.79. The standard InChI is InChI=1S/C19H18FN3O2/c1-3-23-18(19(24)21-13-7-5-4-6-8-13)12-17(22-23)15-10-9-14(25-2)11-16(15)20/h4-12H,3H2,1-2H3,(H,21,24). The molecule has 1 heterocycles. The normalized spacial score (nSPS) is 10.5. The maximum absolute atomic E-state index is 14.3. The molecule has 0 radical (unpaired) electrons. The first-order chi connectivity index (χ1) is 12.1. The molecule has 0 unspecified atom stereocenters. The fraction of sp³-hybridized carbons (Fsp3) is 0.158. The molecule has 3 aromatic rings. The van der Waals surface area contributed by atoms with Gasteiger partial charge in [0, 0.05) is 23.9 Å². The molecule has 0 bridgehead atoms. The summed E-state index contributed by atoms with van der Waals surface area (Å²) >= 11 is 0. The number of rotatable bonds is 5. The van der Waals surface area contributed by atoms with Crippen LogP contribution in [-0.2, 0) is 6.54 Å². The van der Waals surface area contributed by atoms with E-state index in [9.17, 15) is 9.18 Å². The molecule has 2 aromatic carbocycles. The average Bonchev–Trinajstić information content (AvgIpc) is 3.06. The summed E-state index contributed by atoms with van der Waals surface area (Å²) in [6, 6.07) is 15.3. The number of anilines is 1. The minimum absolute atomic E-state index is 0.291. The van der Waals surface area contributed by atoms with Gasteiger partial charge in [-0.2, -0.15) is 5.10 Å². The molecular formula is C19H18FN3O2. The summed E-state index contributed by atoms with van der Waals surface area (Å²) in [5.74, 6) is -0.311. The van der Waals surface area contributed by atoms with Gasteiger partial charge in [0.1, 0.15) is 17.3 Å². The number of halogens is 1. The lowest BCUT2D eigenvalue weighted by Gasteiger charge is -2.06. The first-order valence-electron chi connectivity index (χ1n) is 7.90. The van der Waals surface area contributed by atoms with E-state index in [1.807, 2.05) is 25.1 Å². The van der Waals surface area contributed by atoms with E-state index in [-0.39, 0.29) is 5.91 Å². The predicted molar refractivity (Wildman–Crippen MR) is 94.2 cm³/mol. The van der Waals surface area contributed by atoms with Crippen molar-refractivity contribution in [3.05, 3.63) is 66.1 Å². The van der Waals surface area contributed by atoms with Crippen molar-refractivity contribution >= 4 is 11.6 Å². The number of carbonyl (C=O) groups excluding carboxylic acids is 1. The maximum atomic E-state index is 14.3. The van der Waals surface area contributed by atoms with Gasteiger partial charge >= 0.3 is 0 Å². The second-order valence-corrected chi connectivity index (χ2v) is 5.40. The molecule has 1 N–H and O–H groups in total. The first kappa shape index (κ1) is 16.7. The van der Waals surface area contributed by atoms with Crippen LogP contribution in [-0.4, -0.2) is 22.8 Å². The lowest BCUT2D eigenvalue weighted by Crippen LogP contribution is -2.17. The smallest absolute Gasteiger partial charge is 0.273 e. The Morgan fingerprint density at radius 2 is 1.96 bits per heavy atom. The van der Waals surface area contributed by atoms with Gasteiger partial charge in [-0.3, -0.25) is 9.48 Å². The second kappa shape index (κ2) is 7.17. The SMILES string of the molecule is CCn1nc(-c2ccc(OC)cc2F)cc1C(=O)Nc1ccccc1. The van der Waals surface area contributed by atoms with E-state index in [1.165, 1.54) is 13.2 Å².